The number of rotatable bonds is 6. The molecule has 0 aromatic rings. The van der Waals surface area contributed by atoms with E-state index in [2.05, 4.69) is 0 Å². The van der Waals surface area contributed by atoms with Crippen LogP contribution in [-0.4, -0.2) is 48.6 Å². The first-order chi connectivity index (χ1) is 8.60. The first kappa shape index (κ1) is 15.9. The summed E-state index contributed by atoms with van der Waals surface area (Å²) in [6.07, 6.45) is -0.246. The third kappa shape index (κ3) is 4.77. The molecule has 1 fully saturated rings. The van der Waals surface area contributed by atoms with Gasteiger partial charge in [0.05, 0.1) is 12.2 Å². The number of amides is 1. The molecule has 2 atom stereocenters. The minimum Gasteiger partial charge on any atom is -0.481 e. The summed E-state index contributed by atoms with van der Waals surface area (Å²) in [7, 11) is -4.62. The number of carboxylic acids is 1. The van der Waals surface area contributed by atoms with Crippen molar-refractivity contribution in [1.29, 1.82) is 0 Å². The molecular weight excluding hydrogens is 277 g/mol. The Balaban J connectivity index is 2.77. The van der Waals surface area contributed by atoms with E-state index in [0.29, 0.717) is 0 Å². The summed E-state index contributed by atoms with van der Waals surface area (Å²) in [5.74, 6) is -2.69. The van der Waals surface area contributed by atoms with Crippen LogP contribution in [0.5, 0.6) is 0 Å². The Hall–Kier alpha value is -1.18. The lowest BCUT2D eigenvalue weighted by molar-refractivity contribution is -0.140. The van der Waals surface area contributed by atoms with Crippen molar-refractivity contribution in [2.75, 3.05) is 12.3 Å². The fourth-order valence-corrected chi connectivity index (χ4v) is 3.19. The molecule has 0 aromatic carbocycles. The van der Waals surface area contributed by atoms with Crippen molar-refractivity contribution in [3.63, 3.8) is 0 Å². The van der Waals surface area contributed by atoms with Gasteiger partial charge < -0.3 is 10.0 Å². The molecule has 19 heavy (non-hydrogen) atoms. The van der Waals surface area contributed by atoms with E-state index in [-0.39, 0.29) is 31.2 Å². The molecule has 2 unspecified atom stereocenters. The zero-order chi connectivity index (χ0) is 14.8. The highest BCUT2D eigenvalue weighted by molar-refractivity contribution is 7.86. The average Bonchev–Trinajstić information content (AvgIpc) is 2.52. The molecule has 1 aliphatic heterocycles. The van der Waals surface area contributed by atoms with Crippen LogP contribution in [0, 0.1) is 11.8 Å². The Bertz CT molecular complexity index is 462. The quantitative estimate of drug-likeness (QED) is 0.726. The SMILES string of the molecule is CC(C)C(CC(=O)O)N1CC(CS(=O)(=O)F)CC1=O. The first-order valence-corrected chi connectivity index (χ1v) is 7.59. The molecule has 0 aromatic heterocycles. The van der Waals surface area contributed by atoms with Gasteiger partial charge in [0.2, 0.25) is 5.91 Å². The number of likely N-dealkylation sites (tertiary alicyclic amines) is 1. The van der Waals surface area contributed by atoms with Gasteiger partial charge in [-0.25, -0.2) is 0 Å². The van der Waals surface area contributed by atoms with Gasteiger partial charge in [-0.2, -0.15) is 8.42 Å². The summed E-state index contributed by atoms with van der Waals surface area (Å²) in [6, 6.07) is -0.489. The molecule has 0 spiro atoms. The van der Waals surface area contributed by atoms with Crippen LogP contribution in [-0.2, 0) is 19.8 Å². The number of halogens is 1. The van der Waals surface area contributed by atoms with Crippen LogP contribution in [0.2, 0.25) is 0 Å². The Morgan fingerprint density at radius 2 is 2.11 bits per heavy atom. The molecule has 1 amide bonds. The normalized spacial score (nSPS) is 22.0. The van der Waals surface area contributed by atoms with Crippen LogP contribution in [0.1, 0.15) is 26.7 Å². The second kappa shape index (κ2) is 5.85. The van der Waals surface area contributed by atoms with Gasteiger partial charge in [-0.3, -0.25) is 9.59 Å². The Morgan fingerprint density at radius 1 is 1.53 bits per heavy atom. The summed E-state index contributed by atoms with van der Waals surface area (Å²) in [6.45, 7) is 3.68. The van der Waals surface area contributed by atoms with Crippen molar-refractivity contribution in [1.82, 2.24) is 4.90 Å². The van der Waals surface area contributed by atoms with Crippen molar-refractivity contribution in [3.8, 4) is 0 Å². The third-order valence-corrected chi connectivity index (χ3v) is 4.10. The van der Waals surface area contributed by atoms with Gasteiger partial charge in [0.15, 0.2) is 0 Å². The zero-order valence-corrected chi connectivity index (χ0v) is 11.7. The van der Waals surface area contributed by atoms with Gasteiger partial charge in [-0.05, 0) is 5.92 Å². The second-order valence-corrected chi connectivity index (χ2v) is 6.64. The topological polar surface area (TPSA) is 91.8 Å². The van der Waals surface area contributed by atoms with E-state index < -0.39 is 33.9 Å². The summed E-state index contributed by atoms with van der Waals surface area (Å²) in [5, 5.41) is 8.84. The van der Waals surface area contributed by atoms with Crippen LogP contribution in [0.25, 0.3) is 0 Å². The molecule has 0 bridgehead atoms. The van der Waals surface area contributed by atoms with Crippen LogP contribution < -0.4 is 0 Å². The summed E-state index contributed by atoms with van der Waals surface area (Å²) in [4.78, 5) is 24.0. The number of nitrogens with zero attached hydrogens (tertiary/aromatic N) is 1. The number of aliphatic carboxylic acids is 1. The van der Waals surface area contributed by atoms with Gasteiger partial charge >= 0.3 is 16.2 Å². The standard InChI is InChI=1S/C11H18FNO5S/c1-7(2)9(4-11(15)16)13-5-8(3-10(13)14)6-19(12,17)18/h7-9H,3-6H2,1-2H3,(H,15,16). The van der Waals surface area contributed by atoms with Gasteiger partial charge in [0.1, 0.15) is 0 Å². The lowest BCUT2D eigenvalue weighted by Crippen LogP contribution is -2.41. The van der Waals surface area contributed by atoms with Crippen LogP contribution in [0.15, 0.2) is 0 Å². The molecule has 1 aliphatic rings. The number of hydrogen-bond donors (Lipinski definition) is 1. The van der Waals surface area contributed by atoms with Crippen LogP contribution in [0.3, 0.4) is 0 Å². The highest BCUT2D eigenvalue weighted by Crippen LogP contribution is 2.26. The van der Waals surface area contributed by atoms with Gasteiger partial charge in [0, 0.05) is 24.9 Å². The molecule has 0 saturated carbocycles. The number of carbonyl (C=O) groups is 2. The van der Waals surface area contributed by atoms with Crippen LogP contribution >= 0.6 is 0 Å². The summed E-state index contributed by atoms with van der Waals surface area (Å²) >= 11 is 0. The van der Waals surface area contributed by atoms with Crippen molar-refractivity contribution >= 4 is 22.1 Å². The van der Waals surface area contributed by atoms with E-state index in [9.17, 15) is 21.9 Å². The molecule has 1 saturated heterocycles. The van der Waals surface area contributed by atoms with Crippen molar-refractivity contribution in [2.45, 2.75) is 32.7 Å². The number of hydrogen-bond acceptors (Lipinski definition) is 4. The number of carbonyl (C=O) groups excluding carboxylic acids is 1. The van der Waals surface area contributed by atoms with Crippen molar-refractivity contribution < 1.29 is 27.0 Å². The van der Waals surface area contributed by atoms with Gasteiger partial charge in [0.25, 0.3) is 0 Å². The van der Waals surface area contributed by atoms with E-state index >= 15 is 0 Å². The summed E-state index contributed by atoms with van der Waals surface area (Å²) < 4.78 is 33.8. The minimum absolute atomic E-state index is 0.0496. The lowest BCUT2D eigenvalue weighted by atomic mass is 9.99. The maximum atomic E-state index is 12.6. The second-order valence-electron chi connectivity index (χ2n) is 5.23. The van der Waals surface area contributed by atoms with E-state index in [1.165, 1.54) is 4.90 Å². The smallest absolute Gasteiger partial charge is 0.305 e. The average molecular weight is 295 g/mol. The van der Waals surface area contributed by atoms with Crippen molar-refractivity contribution in [2.24, 2.45) is 11.8 Å². The molecule has 0 aliphatic carbocycles. The highest BCUT2D eigenvalue weighted by atomic mass is 32.3. The van der Waals surface area contributed by atoms with E-state index in [1.54, 1.807) is 13.8 Å². The minimum atomic E-state index is -4.62. The van der Waals surface area contributed by atoms with Crippen LogP contribution in [0.4, 0.5) is 3.89 Å². The third-order valence-electron chi connectivity index (χ3n) is 3.23. The predicted molar refractivity (Wildman–Crippen MR) is 65.6 cm³/mol. The summed E-state index contributed by atoms with van der Waals surface area (Å²) in [5.41, 5.74) is 0. The predicted octanol–water partition coefficient (Wildman–Crippen LogP) is 0.634. The fraction of sp³-hybridized carbons (Fsp3) is 0.818. The lowest BCUT2D eigenvalue weighted by Gasteiger charge is -2.30. The Morgan fingerprint density at radius 3 is 2.53 bits per heavy atom. The largest absolute Gasteiger partial charge is 0.481 e. The molecule has 1 heterocycles. The maximum Gasteiger partial charge on any atom is 0.305 e. The molecule has 1 N–H and O–H groups in total. The molecular formula is C11H18FNO5S. The highest BCUT2D eigenvalue weighted by Gasteiger charge is 2.38. The van der Waals surface area contributed by atoms with E-state index in [4.69, 9.17) is 5.11 Å². The Kier molecular flexibility index (Phi) is 4.89. The van der Waals surface area contributed by atoms with Gasteiger partial charge in [-0.15, -0.1) is 3.89 Å². The molecule has 1 rings (SSSR count). The maximum absolute atomic E-state index is 12.6. The first-order valence-electron chi connectivity index (χ1n) is 6.03. The van der Waals surface area contributed by atoms with E-state index in [0.717, 1.165) is 0 Å². The molecule has 0 radical (unpaired) electrons. The van der Waals surface area contributed by atoms with Crippen molar-refractivity contribution in [3.05, 3.63) is 0 Å². The fourth-order valence-electron chi connectivity index (χ4n) is 2.41. The molecule has 8 heteroatoms. The van der Waals surface area contributed by atoms with E-state index in [1.807, 2.05) is 0 Å². The molecule has 6 nitrogen and oxygen atoms in total. The van der Waals surface area contributed by atoms with Gasteiger partial charge in [-0.1, -0.05) is 13.8 Å². The zero-order valence-electron chi connectivity index (χ0n) is 10.9. The Labute approximate surface area is 111 Å². The monoisotopic (exact) mass is 295 g/mol. The number of carboxylic acid groups (broad SMARTS) is 1. The molecule has 110 valence electrons.